The van der Waals surface area contributed by atoms with Crippen molar-refractivity contribution >= 4 is 55.0 Å². The van der Waals surface area contributed by atoms with Gasteiger partial charge in [-0.15, -0.1) is 0 Å². The smallest absolute Gasteiger partial charge is 0.143 e. The lowest BCUT2D eigenvalue weighted by Crippen LogP contribution is -2.13. The molecular formula is C48H32N2O. The summed E-state index contributed by atoms with van der Waals surface area (Å²) >= 11 is 0. The molecule has 0 unspecified atom stereocenters. The molecule has 2 N–H and O–H groups in total. The van der Waals surface area contributed by atoms with E-state index in [9.17, 15) is 0 Å². The van der Waals surface area contributed by atoms with Crippen LogP contribution in [0.25, 0.3) is 82.6 Å². The molecule has 0 saturated heterocycles. The van der Waals surface area contributed by atoms with Crippen molar-refractivity contribution in [1.82, 2.24) is 0 Å². The highest BCUT2D eigenvalue weighted by atomic mass is 16.3. The van der Waals surface area contributed by atoms with Crippen LogP contribution in [0.2, 0.25) is 0 Å². The molecule has 0 saturated carbocycles. The molecule has 1 aliphatic rings. The maximum atomic E-state index is 6.79. The molecule has 0 bridgehead atoms. The van der Waals surface area contributed by atoms with E-state index in [-0.39, 0.29) is 0 Å². The molecule has 0 amide bonds. The predicted octanol–water partition coefficient (Wildman–Crippen LogP) is 12.2. The van der Waals surface area contributed by atoms with Crippen LogP contribution in [0.3, 0.4) is 0 Å². The van der Waals surface area contributed by atoms with Crippen molar-refractivity contribution in [2.45, 2.75) is 6.42 Å². The minimum absolute atomic E-state index is 0.472. The first-order chi connectivity index (χ1) is 25.2. The van der Waals surface area contributed by atoms with E-state index in [0.29, 0.717) is 12.3 Å². The molecule has 1 heterocycles. The van der Waals surface area contributed by atoms with Gasteiger partial charge >= 0.3 is 0 Å². The summed E-state index contributed by atoms with van der Waals surface area (Å²) in [6.45, 7) is 0. The summed E-state index contributed by atoms with van der Waals surface area (Å²) in [5, 5.41) is 7.22. The average Bonchev–Trinajstić information content (AvgIpc) is 3.73. The molecule has 8 aromatic carbocycles. The minimum Gasteiger partial charge on any atom is -0.455 e. The Balaban J connectivity index is 1.07. The Labute approximate surface area is 295 Å². The van der Waals surface area contributed by atoms with Crippen LogP contribution in [0, 0.1) is 0 Å². The first-order valence-electron chi connectivity index (χ1n) is 17.4. The fourth-order valence-corrected chi connectivity index (χ4v) is 7.76. The summed E-state index contributed by atoms with van der Waals surface area (Å²) in [7, 11) is 0. The highest BCUT2D eigenvalue weighted by Gasteiger charge is 2.25. The Bertz CT molecular complexity index is 2890. The highest BCUT2D eigenvalue weighted by molar-refractivity contribution is 6.23. The molecule has 3 nitrogen and oxygen atoms in total. The van der Waals surface area contributed by atoms with Crippen LogP contribution in [0.1, 0.15) is 16.7 Å². The Morgan fingerprint density at radius 2 is 1.29 bits per heavy atom. The standard InChI is InChI=1S/C48H32N2O/c49-48(33-11-2-1-3-12-33)50-43(26-19-30-9-6-16-34(27-30)36-21-20-31-10-4-5-13-35(31)28-36)37-22-23-38-41-25-24-40-39-17-7-14-32-15-8-18-42(45(32)39)46(40)47(41)51-44(38)29-37/h1-18,20-29H,19H2,(H2,49,50)/b43-26-. The van der Waals surface area contributed by atoms with Gasteiger partial charge in [-0.2, -0.15) is 0 Å². The zero-order valence-corrected chi connectivity index (χ0v) is 27.8. The van der Waals surface area contributed by atoms with Crippen LogP contribution in [0.5, 0.6) is 0 Å². The summed E-state index contributed by atoms with van der Waals surface area (Å²) in [5.74, 6) is 0.472. The molecule has 10 rings (SSSR count). The van der Waals surface area contributed by atoms with Crippen molar-refractivity contribution in [1.29, 1.82) is 0 Å². The third-order valence-corrected chi connectivity index (χ3v) is 10.3. The van der Waals surface area contributed by atoms with Gasteiger partial charge in [-0.25, -0.2) is 4.99 Å². The van der Waals surface area contributed by atoms with E-state index < -0.39 is 0 Å². The Kier molecular flexibility index (Phi) is 6.71. The zero-order valence-electron chi connectivity index (χ0n) is 27.8. The SMILES string of the molecule is NC(=N/C(=C\Cc1cccc(-c2ccc3ccccc3c2)c1)c1ccc2c(c1)oc1c3c(ccc12)-c1cccc2cccc-3c12)c1ccccc1. The molecule has 0 atom stereocenters. The number of aliphatic imine (C=N–C) groups is 1. The molecule has 1 aromatic heterocycles. The van der Waals surface area contributed by atoms with Crippen molar-refractivity contribution < 1.29 is 4.42 Å². The average molecular weight is 653 g/mol. The second-order valence-corrected chi connectivity index (χ2v) is 13.3. The number of benzene rings is 8. The number of fused-ring (bicyclic) bond motifs is 8. The van der Waals surface area contributed by atoms with Gasteiger partial charge in [-0.1, -0.05) is 146 Å². The summed E-state index contributed by atoms with van der Waals surface area (Å²) in [6, 6.07) is 57.8. The third kappa shape index (κ3) is 4.94. The molecule has 0 spiro atoms. The van der Waals surface area contributed by atoms with E-state index in [2.05, 4.69) is 140 Å². The number of rotatable bonds is 6. The van der Waals surface area contributed by atoms with Gasteiger partial charge in [0.05, 0.1) is 5.70 Å². The second kappa shape index (κ2) is 11.7. The number of nitrogens with two attached hydrogens (primary N) is 1. The Morgan fingerprint density at radius 3 is 2.18 bits per heavy atom. The number of allylic oxidation sites excluding steroid dienone is 1. The van der Waals surface area contributed by atoms with E-state index in [1.165, 1.54) is 60.5 Å². The molecule has 0 fully saturated rings. The predicted molar refractivity (Wildman–Crippen MR) is 214 cm³/mol. The van der Waals surface area contributed by atoms with Crippen molar-refractivity contribution in [3.63, 3.8) is 0 Å². The number of amidine groups is 1. The van der Waals surface area contributed by atoms with E-state index >= 15 is 0 Å². The molecule has 240 valence electrons. The van der Waals surface area contributed by atoms with Crippen LogP contribution in [-0.2, 0) is 6.42 Å². The number of hydrogen-bond acceptors (Lipinski definition) is 2. The first-order valence-corrected chi connectivity index (χ1v) is 17.4. The van der Waals surface area contributed by atoms with Gasteiger partial charge in [0.25, 0.3) is 0 Å². The van der Waals surface area contributed by atoms with Crippen molar-refractivity contribution in [3.05, 3.63) is 187 Å². The van der Waals surface area contributed by atoms with Crippen molar-refractivity contribution in [2.24, 2.45) is 10.7 Å². The van der Waals surface area contributed by atoms with Crippen LogP contribution in [-0.4, -0.2) is 5.84 Å². The number of nitrogens with zero attached hydrogens (tertiary/aromatic N) is 1. The van der Waals surface area contributed by atoms with Gasteiger partial charge in [0.1, 0.15) is 17.0 Å². The van der Waals surface area contributed by atoms with E-state index in [0.717, 1.165) is 38.8 Å². The van der Waals surface area contributed by atoms with Gasteiger partial charge in [0.15, 0.2) is 0 Å². The summed E-state index contributed by atoms with van der Waals surface area (Å²) in [6.07, 6.45) is 2.87. The van der Waals surface area contributed by atoms with Gasteiger partial charge in [0, 0.05) is 27.5 Å². The monoisotopic (exact) mass is 652 g/mol. The summed E-state index contributed by atoms with van der Waals surface area (Å²) in [5.41, 5.74) is 19.5. The topological polar surface area (TPSA) is 51.5 Å². The fraction of sp³-hybridized carbons (Fsp3) is 0.0208. The molecule has 0 radical (unpaired) electrons. The molecule has 1 aliphatic carbocycles. The first kappa shape index (κ1) is 29.2. The van der Waals surface area contributed by atoms with Gasteiger partial charge < -0.3 is 10.2 Å². The van der Waals surface area contributed by atoms with Crippen LogP contribution in [0.15, 0.2) is 179 Å². The minimum atomic E-state index is 0.472. The third-order valence-electron chi connectivity index (χ3n) is 10.3. The molecular weight excluding hydrogens is 621 g/mol. The summed E-state index contributed by atoms with van der Waals surface area (Å²) < 4.78 is 6.79. The molecule has 51 heavy (non-hydrogen) atoms. The lowest BCUT2D eigenvalue weighted by Gasteiger charge is -2.08. The number of furan rings is 1. The Hall–Kier alpha value is -6.71. The van der Waals surface area contributed by atoms with E-state index in [4.69, 9.17) is 15.1 Å². The lowest BCUT2D eigenvalue weighted by atomic mass is 9.98. The maximum absolute atomic E-state index is 6.79. The zero-order chi connectivity index (χ0) is 33.9. The summed E-state index contributed by atoms with van der Waals surface area (Å²) in [4.78, 5) is 5.03. The highest BCUT2D eigenvalue weighted by Crippen LogP contribution is 2.51. The van der Waals surface area contributed by atoms with Gasteiger partial charge in [-0.05, 0) is 85.6 Å². The van der Waals surface area contributed by atoms with Gasteiger partial charge in [0.2, 0.25) is 0 Å². The largest absolute Gasteiger partial charge is 0.455 e. The van der Waals surface area contributed by atoms with Crippen LogP contribution < -0.4 is 5.73 Å². The second-order valence-electron chi connectivity index (χ2n) is 13.3. The van der Waals surface area contributed by atoms with E-state index in [1.54, 1.807) is 0 Å². The van der Waals surface area contributed by atoms with Crippen molar-refractivity contribution in [3.8, 4) is 33.4 Å². The van der Waals surface area contributed by atoms with Crippen LogP contribution >= 0.6 is 0 Å². The lowest BCUT2D eigenvalue weighted by molar-refractivity contribution is 0.670. The molecule has 0 aliphatic heterocycles. The van der Waals surface area contributed by atoms with Crippen LogP contribution in [0.4, 0.5) is 0 Å². The molecule has 3 heteroatoms. The molecule has 9 aromatic rings. The fourth-order valence-electron chi connectivity index (χ4n) is 7.76. The maximum Gasteiger partial charge on any atom is 0.143 e. The normalized spacial score (nSPS) is 12.7. The quantitative estimate of drug-likeness (QED) is 0.144. The van der Waals surface area contributed by atoms with E-state index in [1.807, 2.05) is 30.3 Å². The van der Waals surface area contributed by atoms with Crippen molar-refractivity contribution in [2.75, 3.05) is 0 Å². The Morgan fingerprint density at radius 1 is 0.549 bits per heavy atom. The van der Waals surface area contributed by atoms with Gasteiger partial charge in [-0.3, -0.25) is 0 Å². The number of hydrogen-bond donors (Lipinski definition) is 1.